The van der Waals surface area contributed by atoms with Crippen LogP contribution >= 0.6 is 0 Å². The summed E-state index contributed by atoms with van der Waals surface area (Å²) >= 11 is 0. The molecule has 0 radical (unpaired) electrons. The largest absolute Gasteiger partial charge is 0.395 e. The minimum atomic E-state index is -0.154. The Labute approximate surface area is 126 Å². The molecule has 0 aromatic carbocycles. The first kappa shape index (κ1) is 16.0. The first-order chi connectivity index (χ1) is 9.88. The van der Waals surface area contributed by atoms with Crippen LogP contribution in [0.15, 0.2) is 0 Å². The predicted octanol–water partition coefficient (Wildman–Crippen LogP) is 1.72. The molecule has 0 aliphatic heterocycles. The Kier molecular flexibility index (Phi) is 4.68. The van der Waals surface area contributed by atoms with E-state index < -0.39 is 0 Å². The van der Waals surface area contributed by atoms with Crippen LogP contribution < -0.4 is 16.2 Å². The van der Waals surface area contributed by atoms with Crippen molar-refractivity contribution >= 4 is 11.6 Å². The highest BCUT2D eigenvalue weighted by Gasteiger charge is 2.29. The number of rotatable bonds is 5. The molecule has 0 atom stereocenters. The van der Waals surface area contributed by atoms with Gasteiger partial charge in [0.2, 0.25) is 0 Å². The molecule has 1 aromatic rings. The first-order valence-electron chi connectivity index (χ1n) is 7.61. The molecule has 21 heavy (non-hydrogen) atoms. The summed E-state index contributed by atoms with van der Waals surface area (Å²) in [5, 5.41) is 9.39. The van der Waals surface area contributed by atoms with Gasteiger partial charge < -0.3 is 15.4 Å². The summed E-state index contributed by atoms with van der Waals surface area (Å²) in [5.74, 6) is 7.93. The highest BCUT2D eigenvalue weighted by atomic mass is 16.3. The fraction of sp³-hybridized carbons (Fsp3) is 0.733. The van der Waals surface area contributed by atoms with Crippen LogP contribution in [-0.2, 0) is 5.41 Å². The fourth-order valence-electron chi connectivity index (χ4n) is 2.53. The summed E-state index contributed by atoms with van der Waals surface area (Å²) in [6.07, 6.45) is 3.55. The van der Waals surface area contributed by atoms with E-state index in [1.807, 2.05) is 6.92 Å². The van der Waals surface area contributed by atoms with Crippen LogP contribution in [0, 0.1) is 6.92 Å². The second-order valence-electron chi connectivity index (χ2n) is 6.74. The number of aromatic nitrogens is 2. The van der Waals surface area contributed by atoms with Gasteiger partial charge in [0.25, 0.3) is 0 Å². The zero-order chi connectivity index (χ0) is 15.6. The number of nitrogens with one attached hydrogen (secondary N) is 1. The Morgan fingerprint density at radius 1 is 1.33 bits per heavy atom. The number of aliphatic hydroxyl groups is 1. The van der Waals surface area contributed by atoms with E-state index in [9.17, 15) is 5.11 Å². The molecule has 1 heterocycles. The lowest BCUT2D eigenvalue weighted by atomic mass is 9.91. The average Bonchev–Trinajstić information content (AvgIpc) is 2.35. The predicted molar refractivity (Wildman–Crippen MR) is 85.3 cm³/mol. The zero-order valence-electron chi connectivity index (χ0n) is 13.5. The smallest absolute Gasteiger partial charge is 0.148 e. The van der Waals surface area contributed by atoms with Crippen molar-refractivity contribution in [2.75, 3.05) is 23.5 Å². The Bertz CT molecular complexity index is 494. The van der Waals surface area contributed by atoms with Crippen molar-refractivity contribution in [3.8, 4) is 0 Å². The van der Waals surface area contributed by atoms with Gasteiger partial charge in [-0.05, 0) is 26.2 Å². The summed E-state index contributed by atoms with van der Waals surface area (Å²) in [6.45, 7) is 8.94. The average molecular weight is 293 g/mol. The number of hydrazine groups is 1. The molecule has 0 saturated heterocycles. The van der Waals surface area contributed by atoms with Crippen molar-refractivity contribution < 1.29 is 5.11 Å². The second-order valence-corrected chi connectivity index (χ2v) is 6.74. The fourth-order valence-corrected chi connectivity index (χ4v) is 2.53. The highest BCUT2D eigenvalue weighted by Crippen LogP contribution is 2.33. The maximum absolute atomic E-state index is 9.39. The Hall–Kier alpha value is -1.40. The van der Waals surface area contributed by atoms with E-state index in [1.54, 1.807) is 0 Å². The highest BCUT2D eigenvalue weighted by molar-refractivity contribution is 5.59. The number of nitrogens with two attached hydrogens (primary N) is 1. The van der Waals surface area contributed by atoms with E-state index >= 15 is 0 Å². The normalized spacial score (nSPS) is 15.7. The topological polar surface area (TPSA) is 87.3 Å². The Morgan fingerprint density at radius 2 is 2.00 bits per heavy atom. The molecular weight excluding hydrogens is 266 g/mol. The Morgan fingerprint density at radius 3 is 2.43 bits per heavy atom. The van der Waals surface area contributed by atoms with Crippen molar-refractivity contribution in [2.45, 2.75) is 58.4 Å². The minimum absolute atomic E-state index is 0.121. The van der Waals surface area contributed by atoms with E-state index in [4.69, 9.17) is 10.8 Å². The van der Waals surface area contributed by atoms with Gasteiger partial charge in [0.05, 0.1) is 6.61 Å². The quantitative estimate of drug-likeness (QED) is 0.566. The molecule has 4 N–H and O–H groups in total. The van der Waals surface area contributed by atoms with Crippen molar-refractivity contribution in [3.05, 3.63) is 11.4 Å². The van der Waals surface area contributed by atoms with Crippen LogP contribution in [0.5, 0.6) is 0 Å². The zero-order valence-corrected chi connectivity index (χ0v) is 13.5. The SMILES string of the molecule is Cc1c(NN)nc(C(C)(C)C)nc1N(CCO)C1CCC1. The van der Waals surface area contributed by atoms with Gasteiger partial charge in [0.15, 0.2) is 0 Å². The summed E-state index contributed by atoms with van der Waals surface area (Å²) in [6, 6.07) is 0.462. The molecule has 6 heteroatoms. The van der Waals surface area contributed by atoms with Crippen LogP contribution in [0.1, 0.15) is 51.4 Å². The van der Waals surface area contributed by atoms with Crippen molar-refractivity contribution in [3.63, 3.8) is 0 Å². The number of anilines is 2. The number of nitrogens with zero attached hydrogens (tertiary/aromatic N) is 3. The van der Waals surface area contributed by atoms with Crippen LogP contribution in [0.25, 0.3) is 0 Å². The summed E-state index contributed by atoms with van der Waals surface area (Å²) in [7, 11) is 0. The maximum atomic E-state index is 9.39. The third-order valence-corrected chi connectivity index (χ3v) is 4.06. The van der Waals surface area contributed by atoms with Gasteiger partial charge in [0.1, 0.15) is 17.5 Å². The molecule has 118 valence electrons. The molecule has 0 amide bonds. The molecule has 6 nitrogen and oxygen atoms in total. The van der Waals surface area contributed by atoms with Gasteiger partial charge in [0, 0.05) is 23.6 Å². The summed E-state index contributed by atoms with van der Waals surface area (Å²) in [5.41, 5.74) is 3.46. The minimum Gasteiger partial charge on any atom is -0.395 e. The monoisotopic (exact) mass is 293 g/mol. The van der Waals surface area contributed by atoms with Gasteiger partial charge in [-0.3, -0.25) is 0 Å². The van der Waals surface area contributed by atoms with E-state index in [1.165, 1.54) is 6.42 Å². The van der Waals surface area contributed by atoms with Crippen molar-refractivity contribution in [2.24, 2.45) is 5.84 Å². The van der Waals surface area contributed by atoms with Crippen LogP contribution in [0.4, 0.5) is 11.6 Å². The number of hydrogen-bond donors (Lipinski definition) is 3. The lowest BCUT2D eigenvalue weighted by molar-refractivity contribution is 0.282. The van der Waals surface area contributed by atoms with E-state index in [0.717, 1.165) is 30.0 Å². The number of hydrogen-bond acceptors (Lipinski definition) is 6. The lowest BCUT2D eigenvalue weighted by Crippen LogP contribution is -2.43. The molecule has 1 aliphatic rings. The Balaban J connectivity index is 2.48. The van der Waals surface area contributed by atoms with Crippen molar-refractivity contribution in [1.82, 2.24) is 9.97 Å². The van der Waals surface area contributed by atoms with Gasteiger partial charge in [-0.1, -0.05) is 20.8 Å². The summed E-state index contributed by atoms with van der Waals surface area (Å²) < 4.78 is 0. The molecule has 1 fully saturated rings. The van der Waals surface area contributed by atoms with Gasteiger partial charge in [-0.15, -0.1) is 0 Å². The van der Waals surface area contributed by atoms with Crippen molar-refractivity contribution in [1.29, 1.82) is 0 Å². The van der Waals surface area contributed by atoms with Crippen LogP contribution in [-0.4, -0.2) is 34.3 Å². The lowest BCUT2D eigenvalue weighted by Gasteiger charge is -2.39. The van der Waals surface area contributed by atoms with Gasteiger partial charge in [-0.2, -0.15) is 0 Å². The molecule has 0 bridgehead atoms. The van der Waals surface area contributed by atoms with E-state index in [0.29, 0.717) is 18.4 Å². The van der Waals surface area contributed by atoms with Crippen LogP contribution in [0.2, 0.25) is 0 Å². The van der Waals surface area contributed by atoms with Crippen LogP contribution in [0.3, 0.4) is 0 Å². The number of nitrogen functional groups attached to an aromatic ring is 1. The maximum Gasteiger partial charge on any atom is 0.148 e. The van der Waals surface area contributed by atoms with Gasteiger partial charge >= 0.3 is 0 Å². The standard InChI is InChI=1S/C15H27N5O/c1-10-12(19-16)17-14(15(2,3)4)18-13(10)20(8-9-21)11-6-5-7-11/h11,21H,5-9,16H2,1-4H3,(H,17,18,19). The van der Waals surface area contributed by atoms with Gasteiger partial charge in [-0.25, -0.2) is 15.8 Å². The molecule has 2 rings (SSSR count). The number of aliphatic hydroxyl groups excluding tert-OH is 1. The second kappa shape index (κ2) is 6.15. The molecule has 1 saturated carbocycles. The molecule has 1 aromatic heterocycles. The molecule has 0 unspecified atom stereocenters. The molecule has 1 aliphatic carbocycles. The molecule has 0 spiro atoms. The van der Waals surface area contributed by atoms with E-state index in [-0.39, 0.29) is 12.0 Å². The third kappa shape index (κ3) is 3.27. The van der Waals surface area contributed by atoms with E-state index in [2.05, 4.69) is 36.1 Å². The third-order valence-electron chi connectivity index (χ3n) is 4.06. The first-order valence-corrected chi connectivity index (χ1v) is 7.61. The summed E-state index contributed by atoms with van der Waals surface area (Å²) in [4.78, 5) is 11.5. The molecular formula is C15H27N5O.